The van der Waals surface area contributed by atoms with Crippen LogP contribution in [0.25, 0.3) is 11.4 Å². The van der Waals surface area contributed by atoms with E-state index in [0.29, 0.717) is 0 Å². The van der Waals surface area contributed by atoms with Gasteiger partial charge < -0.3 is 9.80 Å². The van der Waals surface area contributed by atoms with E-state index in [9.17, 15) is 0 Å². The van der Waals surface area contributed by atoms with Gasteiger partial charge in [-0.15, -0.1) is 0 Å². The third-order valence-electron chi connectivity index (χ3n) is 3.13. The number of nitrogens with zero attached hydrogens (tertiary/aromatic N) is 4. The van der Waals surface area contributed by atoms with Gasteiger partial charge in [-0.25, -0.2) is 9.97 Å². The lowest BCUT2D eigenvalue weighted by Crippen LogP contribution is -2.17. The first kappa shape index (κ1) is 13.3. The van der Waals surface area contributed by atoms with Gasteiger partial charge in [0.05, 0.1) is 0 Å². The molecule has 0 N–H and O–H groups in total. The lowest BCUT2D eigenvalue weighted by atomic mass is 10.1. The minimum absolute atomic E-state index is 0.766. The highest BCUT2D eigenvalue weighted by Gasteiger charge is 2.10. The summed E-state index contributed by atoms with van der Waals surface area (Å²) in [5, 5.41) is 0. The third-order valence-corrected chi connectivity index (χ3v) is 3.13. The van der Waals surface area contributed by atoms with Crippen LogP contribution in [0.1, 0.15) is 6.92 Å². The summed E-state index contributed by atoms with van der Waals surface area (Å²) in [5.41, 5.74) is 2.18. The summed E-state index contributed by atoms with van der Waals surface area (Å²) in [6, 6.07) is 10.1. The van der Waals surface area contributed by atoms with Crippen LogP contribution in [-0.2, 0) is 0 Å². The lowest BCUT2D eigenvalue weighted by molar-refractivity contribution is 0.931. The summed E-state index contributed by atoms with van der Waals surface area (Å²) in [6.07, 6.45) is 1.82. The predicted octanol–water partition coefficient (Wildman–Crippen LogP) is 2.67. The Morgan fingerprint density at radius 2 is 1.79 bits per heavy atom. The SMILES string of the molecule is CCN(C)c1ccnc(-c2ccccc2N(C)C)n1. The molecule has 1 aromatic heterocycles. The summed E-state index contributed by atoms with van der Waals surface area (Å²) in [6.45, 7) is 3.03. The molecule has 0 unspecified atom stereocenters. The fraction of sp³-hybridized carbons (Fsp3) is 0.333. The lowest BCUT2D eigenvalue weighted by Gasteiger charge is -2.18. The summed E-state index contributed by atoms with van der Waals surface area (Å²) in [5.74, 6) is 1.71. The zero-order valence-electron chi connectivity index (χ0n) is 12.0. The first-order valence-electron chi connectivity index (χ1n) is 6.44. The summed E-state index contributed by atoms with van der Waals surface area (Å²) < 4.78 is 0. The number of rotatable bonds is 4. The smallest absolute Gasteiger partial charge is 0.163 e. The molecule has 0 aliphatic rings. The zero-order chi connectivity index (χ0) is 13.8. The van der Waals surface area contributed by atoms with Gasteiger partial charge in [-0.2, -0.15) is 0 Å². The molecule has 100 valence electrons. The van der Waals surface area contributed by atoms with Crippen molar-refractivity contribution in [3.63, 3.8) is 0 Å². The molecule has 1 aromatic carbocycles. The van der Waals surface area contributed by atoms with Crippen LogP contribution in [-0.4, -0.2) is 37.7 Å². The van der Waals surface area contributed by atoms with E-state index in [0.717, 1.165) is 29.4 Å². The largest absolute Gasteiger partial charge is 0.377 e. The Labute approximate surface area is 114 Å². The van der Waals surface area contributed by atoms with Gasteiger partial charge in [-0.1, -0.05) is 12.1 Å². The number of anilines is 2. The Kier molecular flexibility index (Phi) is 4.00. The van der Waals surface area contributed by atoms with Crippen LogP contribution in [0.5, 0.6) is 0 Å². The average Bonchev–Trinajstić information content (AvgIpc) is 2.46. The van der Waals surface area contributed by atoms with Gasteiger partial charge >= 0.3 is 0 Å². The van der Waals surface area contributed by atoms with Gasteiger partial charge in [0, 0.05) is 45.1 Å². The Morgan fingerprint density at radius 3 is 2.47 bits per heavy atom. The molecule has 1 heterocycles. The van der Waals surface area contributed by atoms with Crippen LogP contribution in [0.4, 0.5) is 11.5 Å². The topological polar surface area (TPSA) is 32.3 Å². The van der Waals surface area contributed by atoms with Crippen LogP contribution in [0.15, 0.2) is 36.5 Å². The van der Waals surface area contributed by atoms with E-state index in [-0.39, 0.29) is 0 Å². The minimum atomic E-state index is 0.766. The quantitative estimate of drug-likeness (QED) is 0.842. The Hall–Kier alpha value is -2.10. The molecule has 4 nitrogen and oxygen atoms in total. The van der Waals surface area contributed by atoms with E-state index in [4.69, 9.17) is 0 Å². The van der Waals surface area contributed by atoms with E-state index >= 15 is 0 Å². The molecule has 0 saturated heterocycles. The summed E-state index contributed by atoms with van der Waals surface area (Å²) in [7, 11) is 6.09. The molecule has 0 spiro atoms. The molecule has 2 rings (SSSR count). The standard InChI is InChI=1S/C15H20N4/c1-5-19(4)14-10-11-16-15(17-14)12-8-6-7-9-13(12)18(2)3/h6-11H,5H2,1-4H3. The van der Waals surface area contributed by atoms with Crippen LogP contribution >= 0.6 is 0 Å². The van der Waals surface area contributed by atoms with Crippen molar-refractivity contribution in [3.05, 3.63) is 36.5 Å². The number of hydrogen-bond donors (Lipinski definition) is 0. The van der Waals surface area contributed by atoms with E-state index in [1.165, 1.54) is 0 Å². The second kappa shape index (κ2) is 5.69. The Balaban J connectivity index is 2.48. The minimum Gasteiger partial charge on any atom is -0.377 e. The van der Waals surface area contributed by atoms with Crippen molar-refractivity contribution < 1.29 is 0 Å². The highest BCUT2D eigenvalue weighted by molar-refractivity contribution is 5.74. The van der Waals surface area contributed by atoms with Crippen LogP contribution < -0.4 is 9.80 Å². The van der Waals surface area contributed by atoms with Crippen molar-refractivity contribution in [1.82, 2.24) is 9.97 Å². The molecule has 0 bridgehead atoms. The highest BCUT2D eigenvalue weighted by atomic mass is 15.2. The summed E-state index contributed by atoms with van der Waals surface area (Å²) in [4.78, 5) is 13.2. The predicted molar refractivity (Wildman–Crippen MR) is 80.7 cm³/mol. The summed E-state index contributed by atoms with van der Waals surface area (Å²) >= 11 is 0. The molecular weight excluding hydrogens is 236 g/mol. The van der Waals surface area contributed by atoms with Gasteiger partial charge in [0.25, 0.3) is 0 Å². The normalized spacial score (nSPS) is 10.3. The highest BCUT2D eigenvalue weighted by Crippen LogP contribution is 2.27. The van der Waals surface area contributed by atoms with Crippen molar-refractivity contribution in [2.75, 3.05) is 37.5 Å². The number of para-hydroxylation sites is 1. The molecule has 0 fully saturated rings. The molecule has 0 aliphatic carbocycles. The fourth-order valence-corrected chi connectivity index (χ4v) is 1.91. The second-order valence-corrected chi connectivity index (χ2v) is 4.66. The van der Waals surface area contributed by atoms with E-state index in [2.05, 4.69) is 38.8 Å². The van der Waals surface area contributed by atoms with E-state index < -0.39 is 0 Å². The maximum Gasteiger partial charge on any atom is 0.163 e. The van der Waals surface area contributed by atoms with Crippen molar-refractivity contribution in [3.8, 4) is 11.4 Å². The molecule has 0 saturated carbocycles. The second-order valence-electron chi connectivity index (χ2n) is 4.66. The maximum atomic E-state index is 4.64. The molecule has 19 heavy (non-hydrogen) atoms. The molecule has 0 atom stereocenters. The maximum absolute atomic E-state index is 4.64. The van der Waals surface area contributed by atoms with Crippen LogP contribution in [0.3, 0.4) is 0 Å². The number of benzene rings is 1. The zero-order valence-corrected chi connectivity index (χ0v) is 12.0. The average molecular weight is 256 g/mol. The molecule has 2 aromatic rings. The fourth-order valence-electron chi connectivity index (χ4n) is 1.91. The first-order chi connectivity index (χ1) is 9.13. The van der Waals surface area contributed by atoms with E-state index in [1.54, 1.807) is 0 Å². The molecule has 0 aliphatic heterocycles. The number of aromatic nitrogens is 2. The van der Waals surface area contributed by atoms with Crippen LogP contribution in [0, 0.1) is 0 Å². The van der Waals surface area contributed by atoms with Gasteiger partial charge in [0.1, 0.15) is 5.82 Å². The Morgan fingerprint density at radius 1 is 1.05 bits per heavy atom. The van der Waals surface area contributed by atoms with Crippen molar-refractivity contribution in [2.45, 2.75) is 6.92 Å². The third kappa shape index (κ3) is 2.84. The van der Waals surface area contributed by atoms with Crippen LogP contribution in [0.2, 0.25) is 0 Å². The first-order valence-corrected chi connectivity index (χ1v) is 6.44. The molecular formula is C15H20N4. The molecule has 4 heteroatoms. The molecule has 0 radical (unpaired) electrons. The Bertz CT molecular complexity index is 551. The van der Waals surface area contributed by atoms with Gasteiger partial charge in [0.2, 0.25) is 0 Å². The van der Waals surface area contributed by atoms with Gasteiger partial charge in [-0.05, 0) is 25.1 Å². The van der Waals surface area contributed by atoms with Crippen molar-refractivity contribution in [1.29, 1.82) is 0 Å². The number of hydrogen-bond acceptors (Lipinski definition) is 4. The van der Waals surface area contributed by atoms with E-state index in [1.807, 2.05) is 45.5 Å². The van der Waals surface area contributed by atoms with Crippen molar-refractivity contribution in [2.24, 2.45) is 0 Å². The van der Waals surface area contributed by atoms with Gasteiger partial charge in [-0.3, -0.25) is 0 Å². The van der Waals surface area contributed by atoms with Crippen molar-refractivity contribution >= 4 is 11.5 Å². The molecule has 0 amide bonds. The van der Waals surface area contributed by atoms with Gasteiger partial charge in [0.15, 0.2) is 5.82 Å². The monoisotopic (exact) mass is 256 g/mol.